The van der Waals surface area contributed by atoms with Crippen LogP contribution in [0.2, 0.25) is 0 Å². The van der Waals surface area contributed by atoms with Crippen molar-refractivity contribution in [2.75, 3.05) is 0 Å². The van der Waals surface area contributed by atoms with E-state index in [1.165, 1.54) is 5.56 Å². The van der Waals surface area contributed by atoms with Crippen molar-refractivity contribution in [3.63, 3.8) is 0 Å². The van der Waals surface area contributed by atoms with Gasteiger partial charge in [0.05, 0.1) is 0 Å². The first-order chi connectivity index (χ1) is 8.27. The molecule has 0 unspecified atom stereocenters. The number of para-hydroxylation sites is 1. The van der Waals surface area contributed by atoms with Crippen LogP contribution in [0.1, 0.15) is 18.1 Å². The summed E-state index contributed by atoms with van der Waals surface area (Å²) < 4.78 is 0. The number of benzene rings is 2. The molecule has 2 aromatic carbocycles. The minimum Gasteiger partial charge on any atom is -0.508 e. The summed E-state index contributed by atoms with van der Waals surface area (Å²) >= 11 is 0. The molecule has 0 atom stereocenters. The second-order valence-corrected chi connectivity index (χ2v) is 3.60. The second-order valence-electron chi connectivity index (χ2n) is 3.60. The number of aromatic hydroxyl groups is 1. The first-order valence-corrected chi connectivity index (χ1v) is 5.72. The molecule has 0 aromatic heterocycles. The van der Waals surface area contributed by atoms with Crippen LogP contribution in [-0.4, -0.2) is 5.11 Å². The molecule has 0 spiro atoms. The Morgan fingerprint density at radius 3 is 2.00 bits per heavy atom. The Kier molecular flexibility index (Phi) is 5.59. The molecule has 0 aliphatic carbocycles. The predicted octanol–water partition coefficient (Wildman–Crippen LogP) is 4.28. The molecule has 88 valence electrons. The third kappa shape index (κ3) is 4.56. The van der Waals surface area contributed by atoms with E-state index in [-0.39, 0.29) is 0 Å². The fraction of sp³-hybridized carbons (Fsp3) is 0.125. The second kappa shape index (κ2) is 7.29. The minimum atomic E-state index is 0.403. The summed E-state index contributed by atoms with van der Waals surface area (Å²) in [5.74, 6) is 0.403. The van der Waals surface area contributed by atoms with Gasteiger partial charge < -0.3 is 5.11 Å². The van der Waals surface area contributed by atoms with Crippen molar-refractivity contribution in [1.29, 1.82) is 0 Å². The van der Waals surface area contributed by atoms with Crippen molar-refractivity contribution in [3.8, 4) is 5.75 Å². The van der Waals surface area contributed by atoms with Crippen molar-refractivity contribution in [1.82, 2.24) is 0 Å². The van der Waals surface area contributed by atoms with Gasteiger partial charge in [0, 0.05) is 0 Å². The van der Waals surface area contributed by atoms with Crippen LogP contribution in [0.4, 0.5) is 0 Å². The van der Waals surface area contributed by atoms with Gasteiger partial charge in [0.1, 0.15) is 5.75 Å². The monoisotopic (exact) mass is 226 g/mol. The van der Waals surface area contributed by atoms with Crippen LogP contribution in [-0.2, 0) is 6.42 Å². The van der Waals surface area contributed by atoms with E-state index in [0.717, 1.165) is 12.0 Å². The molecule has 0 fully saturated rings. The molecule has 0 saturated heterocycles. The van der Waals surface area contributed by atoms with Gasteiger partial charge in [-0.1, -0.05) is 68.1 Å². The molecule has 2 aromatic rings. The Bertz CT molecular complexity index is 446. The number of hydrogen-bond acceptors (Lipinski definition) is 1. The normalized spacial score (nSPS) is 9.00. The van der Waals surface area contributed by atoms with E-state index in [9.17, 15) is 0 Å². The third-order valence-corrected chi connectivity index (χ3v) is 2.41. The largest absolute Gasteiger partial charge is 0.508 e. The van der Waals surface area contributed by atoms with E-state index in [4.69, 9.17) is 5.11 Å². The number of aryl methyl sites for hydroxylation is 1. The van der Waals surface area contributed by atoms with E-state index >= 15 is 0 Å². The molecule has 0 saturated carbocycles. The Hall–Kier alpha value is -2.02. The highest BCUT2D eigenvalue weighted by Gasteiger charge is 1.92. The Balaban J connectivity index is 0.000000171. The molecule has 0 heterocycles. The first-order valence-electron chi connectivity index (χ1n) is 5.72. The number of hydrogen-bond donors (Lipinski definition) is 1. The molecule has 1 N–H and O–H groups in total. The van der Waals surface area contributed by atoms with Crippen LogP contribution < -0.4 is 0 Å². The smallest absolute Gasteiger partial charge is 0.118 e. The van der Waals surface area contributed by atoms with Gasteiger partial charge in [-0.25, -0.2) is 0 Å². The van der Waals surface area contributed by atoms with Crippen molar-refractivity contribution < 1.29 is 5.11 Å². The summed E-state index contributed by atoms with van der Waals surface area (Å²) in [6.07, 6.45) is 2.73. The van der Waals surface area contributed by atoms with Crippen LogP contribution in [0, 0.1) is 0 Å². The van der Waals surface area contributed by atoms with Gasteiger partial charge in [-0.3, -0.25) is 0 Å². The maximum absolute atomic E-state index is 9.11. The van der Waals surface area contributed by atoms with Gasteiger partial charge in [0.15, 0.2) is 0 Å². The van der Waals surface area contributed by atoms with Crippen LogP contribution in [0.5, 0.6) is 5.75 Å². The van der Waals surface area contributed by atoms with Crippen molar-refractivity contribution >= 4 is 6.08 Å². The summed E-state index contributed by atoms with van der Waals surface area (Å²) in [7, 11) is 0. The van der Waals surface area contributed by atoms with E-state index in [1.54, 1.807) is 6.07 Å². The molecular weight excluding hydrogens is 208 g/mol. The van der Waals surface area contributed by atoms with Crippen molar-refractivity contribution in [3.05, 3.63) is 72.3 Å². The van der Waals surface area contributed by atoms with Gasteiger partial charge in [-0.2, -0.15) is 0 Å². The predicted molar refractivity (Wildman–Crippen MR) is 74.0 cm³/mol. The fourth-order valence-electron chi connectivity index (χ4n) is 1.40. The Morgan fingerprint density at radius 2 is 1.59 bits per heavy atom. The third-order valence-electron chi connectivity index (χ3n) is 2.41. The summed E-state index contributed by atoms with van der Waals surface area (Å²) in [6.45, 7) is 5.65. The lowest BCUT2D eigenvalue weighted by atomic mass is 10.1. The van der Waals surface area contributed by atoms with Crippen LogP contribution in [0.3, 0.4) is 0 Å². The molecule has 2 rings (SSSR count). The quantitative estimate of drug-likeness (QED) is 0.810. The molecule has 1 heteroatoms. The molecular formula is C16H18O. The van der Waals surface area contributed by atoms with Gasteiger partial charge >= 0.3 is 0 Å². The molecule has 0 bridgehead atoms. The molecule has 0 radical (unpaired) electrons. The molecule has 1 nitrogen and oxygen atoms in total. The maximum atomic E-state index is 9.11. The zero-order chi connectivity index (χ0) is 12.5. The van der Waals surface area contributed by atoms with Crippen LogP contribution in [0.15, 0.2) is 61.2 Å². The lowest BCUT2D eigenvalue weighted by Gasteiger charge is -1.97. The maximum Gasteiger partial charge on any atom is 0.118 e. The summed E-state index contributed by atoms with van der Waals surface area (Å²) in [4.78, 5) is 0. The first kappa shape index (κ1) is 13.0. The van der Waals surface area contributed by atoms with E-state index in [2.05, 4.69) is 6.58 Å². The molecule has 0 amide bonds. The van der Waals surface area contributed by atoms with Gasteiger partial charge in [-0.05, 0) is 23.6 Å². The van der Waals surface area contributed by atoms with Gasteiger partial charge in [-0.15, -0.1) is 0 Å². The average molecular weight is 226 g/mol. The Morgan fingerprint density at radius 1 is 1.00 bits per heavy atom. The topological polar surface area (TPSA) is 20.2 Å². The van der Waals surface area contributed by atoms with Gasteiger partial charge in [0.25, 0.3) is 0 Å². The summed E-state index contributed by atoms with van der Waals surface area (Å²) in [6, 6.07) is 17.4. The molecule has 0 aliphatic rings. The zero-order valence-electron chi connectivity index (χ0n) is 10.1. The zero-order valence-corrected chi connectivity index (χ0v) is 10.1. The lowest BCUT2D eigenvalue weighted by molar-refractivity contribution is 0.469. The van der Waals surface area contributed by atoms with E-state index in [0.29, 0.717) is 5.75 Å². The summed E-state index contributed by atoms with van der Waals surface area (Å²) in [5.41, 5.74) is 2.19. The molecule has 0 aliphatic heterocycles. The highest BCUT2D eigenvalue weighted by molar-refractivity contribution is 5.45. The van der Waals surface area contributed by atoms with Crippen LogP contribution in [0.25, 0.3) is 6.08 Å². The highest BCUT2D eigenvalue weighted by atomic mass is 16.3. The van der Waals surface area contributed by atoms with Crippen molar-refractivity contribution in [2.24, 2.45) is 0 Å². The number of rotatable bonds is 2. The van der Waals surface area contributed by atoms with E-state index in [1.807, 2.05) is 61.5 Å². The number of phenols is 1. The Labute approximate surface area is 103 Å². The summed E-state index contributed by atoms with van der Waals surface area (Å²) in [5, 5.41) is 9.11. The SMILES string of the molecule is C=Cc1ccccc1.CCc1ccccc1O. The van der Waals surface area contributed by atoms with Gasteiger partial charge in [0.2, 0.25) is 0 Å². The highest BCUT2D eigenvalue weighted by Crippen LogP contribution is 2.14. The van der Waals surface area contributed by atoms with E-state index < -0.39 is 0 Å². The van der Waals surface area contributed by atoms with Crippen molar-refractivity contribution in [2.45, 2.75) is 13.3 Å². The lowest BCUT2D eigenvalue weighted by Crippen LogP contribution is -1.77. The minimum absolute atomic E-state index is 0.403. The van der Waals surface area contributed by atoms with Crippen LogP contribution >= 0.6 is 0 Å². The number of phenolic OH excluding ortho intramolecular Hbond substituents is 1. The fourth-order valence-corrected chi connectivity index (χ4v) is 1.40. The standard InChI is InChI=1S/C8H10O.C8H8/c1-2-7-5-3-4-6-8(7)9;1-2-8-6-4-3-5-7-8/h3-6,9H,2H2,1H3;2-7H,1H2. The average Bonchev–Trinajstić information content (AvgIpc) is 2.41. The molecule has 17 heavy (non-hydrogen) atoms.